The quantitative estimate of drug-likeness (QED) is 0.716. The van der Waals surface area contributed by atoms with Gasteiger partial charge < -0.3 is 0 Å². The number of hydrogen-bond donors (Lipinski definition) is 0. The van der Waals surface area contributed by atoms with Crippen LogP contribution in [0.2, 0.25) is 5.15 Å². The Morgan fingerprint density at radius 2 is 2.40 bits per heavy atom. The average Bonchev–Trinajstić information content (AvgIpc) is 2.14. The first kappa shape index (κ1) is 7.75. The van der Waals surface area contributed by atoms with Gasteiger partial charge in [0.2, 0.25) is 0 Å². The van der Waals surface area contributed by atoms with Crippen molar-refractivity contribution in [1.82, 2.24) is 15.0 Å². The molecule has 10 heavy (non-hydrogen) atoms. The molecule has 3 nitrogen and oxygen atoms in total. The van der Waals surface area contributed by atoms with Crippen LogP contribution in [0.5, 0.6) is 0 Å². The van der Waals surface area contributed by atoms with Gasteiger partial charge in [0, 0.05) is 0 Å². The lowest BCUT2D eigenvalue weighted by Crippen LogP contribution is -1.98. The maximum absolute atomic E-state index is 5.59. The van der Waals surface area contributed by atoms with E-state index in [0.29, 0.717) is 16.3 Å². The van der Waals surface area contributed by atoms with E-state index < -0.39 is 0 Å². The molecule has 0 saturated heterocycles. The summed E-state index contributed by atoms with van der Waals surface area (Å²) in [7, 11) is 0. The van der Waals surface area contributed by atoms with Crippen molar-refractivity contribution < 1.29 is 0 Å². The summed E-state index contributed by atoms with van der Waals surface area (Å²) >= 11 is 8.71. The van der Waals surface area contributed by atoms with E-state index in [4.69, 9.17) is 11.6 Å². The Hall–Kier alpha value is -0.350. The number of allylic oxidation sites excluding steroid dienone is 1. The minimum absolute atomic E-state index is 0.377. The van der Waals surface area contributed by atoms with Crippen LogP contribution in [0.25, 0.3) is 0 Å². The van der Waals surface area contributed by atoms with Gasteiger partial charge in [0.15, 0.2) is 9.76 Å². The Morgan fingerprint density at radius 1 is 1.70 bits per heavy atom. The third-order valence-electron chi connectivity index (χ3n) is 0.869. The lowest BCUT2D eigenvalue weighted by molar-refractivity contribution is 0.600. The van der Waals surface area contributed by atoms with Gasteiger partial charge in [-0.05, 0) is 15.9 Å². The molecule has 0 bridgehead atoms. The maximum Gasteiger partial charge on any atom is 0.185 e. The van der Waals surface area contributed by atoms with Crippen molar-refractivity contribution in [2.75, 3.05) is 0 Å². The first-order valence-electron chi connectivity index (χ1n) is 2.61. The molecule has 0 amide bonds. The minimum Gasteiger partial charge on any atom is -0.178 e. The fourth-order valence-electron chi connectivity index (χ4n) is 0.505. The summed E-state index contributed by atoms with van der Waals surface area (Å²) < 4.78 is 0.566. The highest BCUT2D eigenvalue weighted by molar-refractivity contribution is 9.10. The zero-order valence-corrected chi connectivity index (χ0v) is 7.43. The molecular weight excluding hydrogens is 217 g/mol. The molecule has 0 aromatic carbocycles. The Bertz CT molecular complexity index is 226. The molecule has 5 heteroatoms. The summed E-state index contributed by atoms with van der Waals surface area (Å²) in [6.45, 7) is 4.11. The van der Waals surface area contributed by atoms with Crippen molar-refractivity contribution in [3.63, 3.8) is 0 Å². The molecule has 1 rings (SSSR count). The fraction of sp³-hybridized carbons (Fsp3) is 0.200. The zero-order valence-electron chi connectivity index (χ0n) is 5.09. The van der Waals surface area contributed by atoms with E-state index in [2.05, 4.69) is 32.7 Å². The summed E-state index contributed by atoms with van der Waals surface area (Å²) in [5.74, 6) is 0. The van der Waals surface area contributed by atoms with Gasteiger partial charge in [-0.1, -0.05) is 17.7 Å². The van der Waals surface area contributed by atoms with Crippen LogP contribution in [0.1, 0.15) is 0 Å². The Morgan fingerprint density at radius 3 is 2.80 bits per heavy atom. The maximum atomic E-state index is 5.59. The highest BCUT2D eigenvalue weighted by atomic mass is 79.9. The smallest absolute Gasteiger partial charge is 0.178 e. The number of rotatable bonds is 2. The molecule has 1 heterocycles. The molecule has 0 unspecified atom stereocenters. The van der Waals surface area contributed by atoms with Gasteiger partial charge in [0.25, 0.3) is 0 Å². The molecule has 0 aliphatic heterocycles. The number of aromatic nitrogens is 3. The van der Waals surface area contributed by atoms with Gasteiger partial charge in [-0.3, -0.25) is 0 Å². The van der Waals surface area contributed by atoms with Crippen molar-refractivity contribution in [2.45, 2.75) is 6.54 Å². The second-order valence-corrected chi connectivity index (χ2v) is 2.73. The fourth-order valence-corrected chi connectivity index (χ4v) is 0.892. The Labute approximate surface area is 71.8 Å². The van der Waals surface area contributed by atoms with Gasteiger partial charge in [-0.15, -0.1) is 16.8 Å². The van der Waals surface area contributed by atoms with E-state index in [1.807, 2.05) is 0 Å². The first-order chi connectivity index (χ1) is 4.74. The standard InChI is InChI=1S/C5H5BrClN3/c1-2-3-10-8-4(6)5(7)9-10/h2H,1,3H2. The molecular formula is C5H5BrClN3. The van der Waals surface area contributed by atoms with Crippen molar-refractivity contribution in [3.8, 4) is 0 Å². The summed E-state index contributed by atoms with van der Waals surface area (Å²) in [6, 6.07) is 0. The number of halogens is 2. The molecule has 0 spiro atoms. The average molecular weight is 222 g/mol. The molecule has 1 aromatic heterocycles. The van der Waals surface area contributed by atoms with Gasteiger partial charge in [-0.2, -0.15) is 4.80 Å². The van der Waals surface area contributed by atoms with E-state index in [1.165, 1.54) is 4.80 Å². The summed E-state index contributed by atoms with van der Waals surface area (Å²) in [6.07, 6.45) is 1.70. The van der Waals surface area contributed by atoms with Crippen molar-refractivity contribution in [1.29, 1.82) is 0 Å². The van der Waals surface area contributed by atoms with Crippen molar-refractivity contribution in [2.24, 2.45) is 0 Å². The van der Waals surface area contributed by atoms with Crippen LogP contribution in [-0.2, 0) is 6.54 Å². The molecule has 54 valence electrons. The van der Waals surface area contributed by atoms with Crippen LogP contribution in [0, 0.1) is 0 Å². The van der Waals surface area contributed by atoms with E-state index >= 15 is 0 Å². The van der Waals surface area contributed by atoms with Crippen LogP contribution in [0.4, 0.5) is 0 Å². The molecule has 0 aliphatic rings. The van der Waals surface area contributed by atoms with Crippen LogP contribution in [0.3, 0.4) is 0 Å². The summed E-state index contributed by atoms with van der Waals surface area (Å²) in [5, 5.41) is 8.15. The highest BCUT2D eigenvalue weighted by Crippen LogP contribution is 2.15. The molecule has 0 aliphatic carbocycles. The third kappa shape index (κ3) is 1.58. The van der Waals surface area contributed by atoms with Crippen LogP contribution in [-0.4, -0.2) is 15.0 Å². The Balaban J connectivity index is 2.86. The summed E-state index contributed by atoms with van der Waals surface area (Å²) in [4.78, 5) is 1.46. The molecule has 0 N–H and O–H groups in total. The van der Waals surface area contributed by atoms with Gasteiger partial charge >= 0.3 is 0 Å². The minimum atomic E-state index is 0.377. The lowest BCUT2D eigenvalue weighted by Gasteiger charge is -1.87. The number of nitrogens with zero attached hydrogens (tertiary/aromatic N) is 3. The molecule has 0 radical (unpaired) electrons. The second-order valence-electron chi connectivity index (χ2n) is 1.63. The lowest BCUT2D eigenvalue weighted by atomic mass is 10.7. The zero-order chi connectivity index (χ0) is 7.56. The predicted octanol–water partition coefficient (Wildman–Crippen LogP) is 1.88. The van der Waals surface area contributed by atoms with Crippen LogP contribution >= 0.6 is 27.5 Å². The largest absolute Gasteiger partial charge is 0.185 e. The second kappa shape index (κ2) is 3.16. The summed E-state index contributed by atoms with van der Waals surface area (Å²) in [5.41, 5.74) is 0. The van der Waals surface area contributed by atoms with Crippen molar-refractivity contribution >= 4 is 27.5 Å². The van der Waals surface area contributed by atoms with Crippen LogP contribution < -0.4 is 0 Å². The monoisotopic (exact) mass is 221 g/mol. The topological polar surface area (TPSA) is 30.7 Å². The van der Waals surface area contributed by atoms with Gasteiger partial charge in [0.05, 0.1) is 6.54 Å². The van der Waals surface area contributed by atoms with Gasteiger partial charge in [-0.25, -0.2) is 0 Å². The van der Waals surface area contributed by atoms with Crippen molar-refractivity contribution in [3.05, 3.63) is 22.4 Å². The first-order valence-corrected chi connectivity index (χ1v) is 3.78. The van der Waals surface area contributed by atoms with Crippen LogP contribution in [0.15, 0.2) is 17.3 Å². The van der Waals surface area contributed by atoms with E-state index in [-0.39, 0.29) is 0 Å². The van der Waals surface area contributed by atoms with E-state index in [1.54, 1.807) is 6.08 Å². The molecule has 0 saturated carbocycles. The predicted molar refractivity (Wildman–Crippen MR) is 42.9 cm³/mol. The molecule has 0 atom stereocenters. The van der Waals surface area contributed by atoms with E-state index in [0.717, 1.165) is 0 Å². The van der Waals surface area contributed by atoms with E-state index in [9.17, 15) is 0 Å². The number of hydrogen-bond acceptors (Lipinski definition) is 2. The molecule has 1 aromatic rings. The normalized spacial score (nSPS) is 9.80. The Kier molecular flexibility index (Phi) is 2.45. The third-order valence-corrected chi connectivity index (χ3v) is 1.89. The molecule has 0 fully saturated rings. The SMILES string of the molecule is C=CCn1nc(Cl)c(Br)n1. The van der Waals surface area contributed by atoms with Gasteiger partial charge in [0.1, 0.15) is 0 Å². The highest BCUT2D eigenvalue weighted by Gasteiger charge is 2.02.